The topological polar surface area (TPSA) is 32.6 Å². The minimum atomic E-state index is 0.186. The Balaban J connectivity index is 2.38. The molecular weight excluding hydrogens is 361 g/mol. The molecule has 18 heavy (non-hydrogen) atoms. The molecule has 0 aliphatic carbocycles. The minimum absolute atomic E-state index is 0.186. The summed E-state index contributed by atoms with van der Waals surface area (Å²) in [5, 5.41) is 10.4. The van der Waals surface area contributed by atoms with Crippen molar-refractivity contribution in [3.05, 3.63) is 56.6 Å². The van der Waals surface area contributed by atoms with E-state index in [0.29, 0.717) is 10.6 Å². The zero-order valence-corrected chi connectivity index (χ0v) is 12.6. The maximum absolute atomic E-state index is 9.79. The number of nitrogens with zero attached hydrogens (tertiary/aromatic N) is 1. The second-order valence-electron chi connectivity index (χ2n) is 3.84. The largest absolute Gasteiger partial charge is 0.507 e. The molecule has 2 rings (SSSR count). The molecule has 0 atom stereocenters. The molecule has 0 aromatic heterocycles. The van der Waals surface area contributed by atoms with Gasteiger partial charge in [0, 0.05) is 19.9 Å². The van der Waals surface area contributed by atoms with Gasteiger partial charge in [-0.25, -0.2) is 0 Å². The third-order valence-electron chi connectivity index (χ3n) is 2.47. The molecule has 0 heterocycles. The Morgan fingerprint density at radius 1 is 1.17 bits per heavy atom. The molecule has 0 fully saturated rings. The molecule has 1 N–H and O–H groups in total. The van der Waals surface area contributed by atoms with E-state index in [2.05, 4.69) is 27.6 Å². The van der Waals surface area contributed by atoms with E-state index in [1.807, 2.05) is 31.2 Å². The first-order valence-corrected chi connectivity index (χ1v) is 6.81. The number of benzene rings is 2. The summed E-state index contributed by atoms with van der Waals surface area (Å²) in [7, 11) is 0. The maximum atomic E-state index is 9.79. The lowest BCUT2D eigenvalue weighted by Crippen LogP contribution is -1.94. The Bertz CT molecular complexity index is 593. The molecule has 0 aliphatic heterocycles. The second-order valence-corrected chi connectivity index (χ2v) is 5.52. The van der Waals surface area contributed by atoms with Gasteiger partial charge in [-0.15, -0.1) is 0 Å². The number of aliphatic imine (C=N–C) groups is 1. The van der Waals surface area contributed by atoms with Gasteiger partial charge >= 0.3 is 0 Å². The normalized spacial score (nSPS) is 11.6. The van der Waals surface area contributed by atoms with Crippen LogP contribution in [0.25, 0.3) is 0 Å². The fourth-order valence-corrected chi connectivity index (χ4v) is 2.10. The van der Waals surface area contributed by atoms with E-state index in [9.17, 15) is 5.11 Å². The molecule has 2 aromatic carbocycles. The number of rotatable bonds is 2. The number of aromatic hydroxyl groups is 1. The highest BCUT2D eigenvalue weighted by Crippen LogP contribution is 2.24. The zero-order valence-electron chi connectivity index (χ0n) is 9.69. The van der Waals surface area contributed by atoms with Crippen LogP contribution >= 0.6 is 34.2 Å². The summed E-state index contributed by atoms with van der Waals surface area (Å²) in [5.41, 5.74) is 2.24. The lowest BCUT2D eigenvalue weighted by molar-refractivity contribution is 0.474. The van der Waals surface area contributed by atoms with Crippen LogP contribution in [0, 0.1) is 3.57 Å². The Labute approximate surface area is 124 Å². The molecule has 2 nitrogen and oxygen atoms in total. The van der Waals surface area contributed by atoms with E-state index in [1.165, 1.54) is 0 Å². The third kappa shape index (κ3) is 3.23. The van der Waals surface area contributed by atoms with Crippen LogP contribution in [0.1, 0.15) is 12.5 Å². The molecular formula is C14H11ClINO. The van der Waals surface area contributed by atoms with Crippen LogP contribution in [0.4, 0.5) is 5.69 Å². The number of halogens is 2. The van der Waals surface area contributed by atoms with E-state index in [-0.39, 0.29) is 5.75 Å². The zero-order chi connectivity index (χ0) is 13.1. The van der Waals surface area contributed by atoms with Crippen LogP contribution in [0.5, 0.6) is 5.75 Å². The summed E-state index contributed by atoms with van der Waals surface area (Å²) >= 11 is 8.16. The Morgan fingerprint density at radius 2 is 1.83 bits per heavy atom. The Morgan fingerprint density at radius 3 is 2.50 bits per heavy atom. The van der Waals surface area contributed by atoms with Crippen molar-refractivity contribution in [2.75, 3.05) is 0 Å². The van der Waals surface area contributed by atoms with Gasteiger partial charge in [0.25, 0.3) is 0 Å². The average molecular weight is 372 g/mol. The molecule has 0 aliphatic rings. The highest BCUT2D eigenvalue weighted by atomic mass is 127. The van der Waals surface area contributed by atoms with Gasteiger partial charge in [-0.2, -0.15) is 0 Å². The number of hydrogen-bond acceptors (Lipinski definition) is 2. The van der Waals surface area contributed by atoms with Gasteiger partial charge in [-0.1, -0.05) is 11.6 Å². The van der Waals surface area contributed by atoms with Gasteiger partial charge in [0.05, 0.1) is 5.69 Å². The van der Waals surface area contributed by atoms with Crippen molar-refractivity contribution in [3.8, 4) is 5.75 Å². The second kappa shape index (κ2) is 5.71. The van der Waals surface area contributed by atoms with Crippen LogP contribution in [-0.4, -0.2) is 10.8 Å². The van der Waals surface area contributed by atoms with Crippen molar-refractivity contribution in [2.45, 2.75) is 6.92 Å². The van der Waals surface area contributed by atoms with E-state index in [1.54, 1.807) is 18.2 Å². The first kappa shape index (κ1) is 13.4. The quantitative estimate of drug-likeness (QED) is 0.597. The minimum Gasteiger partial charge on any atom is -0.507 e. The first-order valence-electron chi connectivity index (χ1n) is 5.36. The molecule has 0 amide bonds. The average Bonchev–Trinajstić information content (AvgIpc) is 2.35. The van der Waals surface area contributed by atoms with Gasteiger partial charge in [-0.3, -0.25) is 4.99 Å². The number of hydrogen-bond donors (Lipinski definition) is 1. The summed E-state index contributed by atoms with van der Waals surface area (Å²) in [6.45, 7) is 1.85. The van der Waals surface area contributed by atoms with Crippen molar-refractivity contribution in [1.29, 1.82) is 0 Å². The molecule has 2 aromatic rings. The molecule has 92 valence electrons. The molecule has 0 spiro atoms. The summed E-state index contributed by atoms with van der Waals surface area (Å²) in [5.74, 6) is 0.186. The highest BCUT2D eigenvalue weighted by molar-refractivity contribution is 14.1. The molecule has 0 unspecified atom stereocenters. The third-order valence-corrected chi connectivity index (χ3v) is 3.43. The van der Waals surface area contributed by atoms with E-state index in [0.717, 1.165) is 15.0 Å². The van der Waals surface area contributed by atoms with Gasteiger partial charge in [0.1, 0.15) is 5.75 Å². The van der Waals surface area contributed by atoms with Gasteiger partial charge in [0.15, 0.2) is 0 Å². The van der Waals surface area contributed by atoms with Gasteiger partial charge in [0.2, 0.25) is 0 Å². The van der Waals surface area contributed by atoms with E-state index >= 15 is 0 Å². The fraction of sp³-hybridized carbons (Fsp3) is 0.0714. The predicted molar refractivity (Wildman–Crippen MR) is 84.1 cm³/mol. The predicted octanol–water partition coefficient (Wildman–Crippen LogP) is 4.79. The van der Waals surface area contributed by atoms with Gasteiger partial charge < -0.3 is 5.11 Å². The van der Waals surface area contributed by atoms with Crippen molar-refractivity contribution in [3.63, 3.8) is 0 Å². The standard InChI is InChI=1S/C14H11ClINO/c1-9(13-8-10(15)2-7-14(13)18)17-12-5-3-11(16)4-6-12/h2-8,18H,1H3. The van der Waals surface area contributed by atoms with Gasteiger partial charge in [-0.05, 0) is 72.0 Å². The Kier molecular flexibility index (Phi) is 4.24. The smallest absolute Gasteiger partial charge is 0.124 e. The highest BCUT2D eigenvalue weighted by Gasteiger charge is 2.05. The Hall–Kier alpha value is -1.07. The molecule has 0 saturated heterocycles. The van der Waals surface area contributed by atoms with Crippen molar-refractivity contribution in [2.24, 2.45) is 4.99 Å². The van der Waals surface area contributed by atoms with E-state index < -0.39 is 0 Å². The van der Waals surface area contributed by atoms with Crippen LogP contribution in [-0.2, 0) is 0 Å². The van der Waals surface area contributed by atoms with Crippen molar-refractivity contribution in [1.82, 2.24) is 0 Å². The summed E-state index contributed by atoms with van der Waals surface area (Å²) in [6.07, 6.45) is 0. The number of phenols is 1. The first-order chi connectivity index (χ1) is 8.56. The molecule has 0 saturated carbocycles. The maximum Gasteiger partial charge on any atom is 0.124 e. The summed E-state index contributed by atoms with van der Waals surface area (Å²) < 4.78 is 1.16. The van der Waals surface area contributed by atoms with Crippen LogP contribution in [0.3, 0.4) is 0 Å². The summed E-state index contributed by atoms with van der Waals surface area (Å²) in [4.78, 5) is 4.47. The summed E-state index contributed by atoms with van der Waals surface area (Å²) in [6, 6.07) is 12.8. The molecule has 4 heteroatoms. The van der Waals surface area contributed by atoms with Crippen LogP contribution in [0.15, 0.2) is 47.5 Å². The lowest BCUT2D eigenvalue weighted by atomic mass is 10.1. The SMILES string of the molecule is CC(=Nc1ccc(I)cc1)c1cc(Cl)ccc1O. The monoisotopic (exact) mass is 371 g/mol. The van der Waals surface area contributed by atoms with E-state index in [4.69, 9.17) is 11.6 Å². The molecule has 0 radical (unpaired) electrons. The van der Waals surface area contributed by atoms with Crippen LogP contribution in [0.2, 0.25) is 5.02 Å². The van der Waals surface area contributed by atoms with Crippen LogP contribution < -0.4 is 0 Å². The van der Waals surface area contributed by atoms with Crippen molar-refractivity contribution >= 4 is 45.6 Å². The molecule has 0 bridgehead atoms. The van der Waals surface area contributed by atoms with Crippen molar-refractivity contribution < 1.29 is 5.11 Å². The fourth-order valence-electron chi connectivity index (χ4n) is 1.57. The lowest BCUT2D eigenvalue weighted by Gasteiger charge is -2.05. The number of phenolic OH excluding ortho intramolecular Hbond substituents is 1.